The van der Waals surface area contributed by atoms with Crippen molar-refractivity contribution in [3.05, 3.63) is 11.8 Å². The fourth-order valence-corrected chi connectivity index (χ4v) is 0.294. The van der Waals surface area contributed by atoms with E-state index in [0.29, 0.717) is 0 Å². The van der Waals surface area contributed by atoms with Crippen molar-refractivity contribution in [1.82, 2.24) is 0 Å². The van der Waals surface area contributed by atoms with Crippen molar-refractivity contribution in [2.45, 2.75) is 13.8 Å². The first-order chi connectivity index (χ1) is 3.13. The van der Waals surface area contributed by atoms with Crippen LogP contribution in [0.5, 0.6) is 0 Å². The Balaban J connectivity index is -0.000000180. The van der Waals surface area contributed by atoms with Crippen molar-refractivity contribution in [3.8, 4) is 0 Å². The molecule has 0 unspecified atom stereocenters. The molecule has 0 radical (unpaired) electrons. The minimum atomic E-state index is -0.125. The van der Waals surface area contributed by atoms with E-state index in [1.54, 1.807) is 0 Å². The van der Waals surface area contributed by atoms with Crippen LogP contribution in [-0.4, -0.2) is 16.4 Å². The maximum Gasteiger partial charge on any atom is 2.00 e. The average molecular weight is 184 g/mol. The second kappa shape index (κ2) is 7.79. The number of aliphatic hydroxyl groups excluding tert-OH is 1. The van der Waals surface area contributed by atoms with Crippen LogP contribution in [0.3, 0.4) is 0 Å². The van der Waals surface area contributed by atoms with Gasteiger partial charge in [0.2, 0.25) is 0 Å². The number of carbonyl (C=O) groups is 1. The molecule has 3 N–H and O–H groups in total. The van der Waals surface area contributed by atoms with E-state index in [1.165, 1.54) is 19.9 Å². The van der Waals surface area contributed by atoms with Crippen LogP contribution in [0.2, 0.25) is 0 Å². The summed E-state index contributed by atoms with van der Waals surface area (Å²) in [7, 11) is 0. The average Bonchev–Trinajstić information content (AvgIpc) is 1.27. The van der Waals surface area contributed by atoms with E-state index < -0.39 is 0 Å². The summed E-state index contributed by atoms with van der Waals surface area (Å²) in [5, 5.41) is 8.36. The Morgan fingerprint density at radius 2 is 1.78 bits per heavy atom. The van der Waals surface area contributed by atoms with Gasteiger partial charge in [0.05, 0.1) is 5.76 Å². The first-order valence-corrected chi connectivity index (χ1v) is 2.01. The molecule has 9 heavy (non-hydrogen) atoms. The van der Waals surface area contributed by atoms with Crippen LogP contribution in [0.1, 0.15) is 13.8 Å². The van der Waals surface area contributed by atoms with Gasteiger partial charge in [-0.1, -0.05) is 0 Å². The van der Waals surface area contributed by atoms with Crippen molar-refractivity contribution in [3.63, 3.8) is 0 Å². The van der Waals surface area contributed by atoms with E-state index in [1.807, 2.05) is 0 Å². The first kappa shape index (κ1) is 15.9. The summed E-state index contributed by atoms with van der Waals surface area (Å²) in [4.78, 5) is 10.0. The second-order valence-electron chi connectivity index (χ2n) is 1.40. The van der Waals surface area contributed by atoms with Gasteiger partial charge in [-0.05, 0) is 13.8 Å². The van der Waals surface area contributed by atoms with Crippen LogP contribution >= 0.6 is 0 Å². The Morgan fingerprint density at radius 3 is 1.78 bits per heavy atom. The molecule has 48 valence electrons. The molecule has 0 fully saturated rings. The van der Waals surface area contributed by atoms with E-state index >= 15 is 0 Å². The zero-order chi connectivity index (χ0) is 5.86. The molecule has 0 aromatic carbocycles. The number of carbonyl (C=O) groups excluding carboxylic acids is 1. The normalized spacial score (nSPS) is 8.89. The summed E-state index contributed by atoms with van der Waals surface area (Å²) in [6, 6.07) is 0. The minimum absolute atomic E-state index is 0. The number of aliphatic hydroxyl groups is 1. The van der Waals surface area contributed by atoms with Gasteiger partial charge in [0.1, 0.15) is 0 Å². The van der Waals surface area contributed by atoms with Gasteiger partial charge in [0.15, 0.2) is 5.78 Å². The fourth-order valence-electron chi connectivity index (χ4n) is 0.294. The molecule has 0 bridgehead atoms. The van der Waals surface area contributed by atoms with Gasteiger partial charge in [0, 0.05) is 6.08 Å². The number of ketones is 1. The zero-order valence-electron chi connectivity index (χ0n) is 5.64. The number of hydrogen-bond donors (Lipinski definition) is 1. The van der Waals surface area contributed by atoms with Gasteiger partial charge in [-0.3, -0.25) is 4.79 Å². The van der Waals surface area contributed by atoms with Gasteiger partial charge >= 0.3 is 19.5 Å². The van der Waals surface area contributed by atoms with E-state index in [4.69, 9.17) is 5.11 Å². The summed E-state index contributed by atoms with van der Waals surface area (Å²) in [6.45, 7) is 2.85. The monoisotopic (exact) mass is 182 g/mol. The molecule has 0 atom stereocenters. The minimum Gasteiger partial charge on any atom is -0.512 e. The summed E-state index contributed by atoms with van der Waals surface area (Å²) < 4.78 is 0. The summed E-state index contributed by atoms with van der Waals surface area (Å²) >= 11 is 0. The van der Waals surface area contributed by atoms with E-state index in [0.717, 1.165) is 0 Å². The topological polar surface area (TPSA) is 68.8 Å². The van der Waals surface area contributed by atoms with Gasteiger partial charge in [0.25, 0.3) is 0 Å². The summed E-state index contributed by atoms with van der Waals surface area (Å²) in [5.41, 5.74) is 0. The molecule has 0 aliphatic rings. The van der Waals surface area contributed by atoms with Gasteiger partial charge in [-0.2, -0.15) is 0 Å². The number of rotatable bonds is 1. The van der Waals surface area contributed by atoms with Crippen molar-refractivity contribution in [2.24, 2.45) is 0 Å². The Morgan fingerprint density at radius 1 is 1.44 bits per heavy atom. The number of hydrogen-bond acceptors (Lipinski definition) is 2. The summed E-state index contributed by atoms with van der Waals surface area (Å²) in [5.74, 6) is -0.0625. The first-order valence-electron chi connectivity index (χ1n) is 2.01. The van der Waals surface area contributed by atoms with Crippen molar-refractivity contribution < 1.29 is 34.9 Å². The quantitative estimate of drug-likeness (QED) is 0.359. The van der Waals surface area contributed by atoms with Gasteiger partial charge in [-0.25, -0.2) is 0 Å². The Bertz CT molecular complexity index is 105. The maximum absolute atomic E-state index is 10.0. The van der Waals surface area contributed by atoms with Gasteiger partial charge in [-0.15, -0.1) is 0 Å². The third-order valence-corrected chi connectivity index (χ3v) is 0.412. The summed E-state index contributed by atoms with van der Waals surface area (Å²) in [6.07, 6.45) is 1.17. The molecule has 0 aromatic rings. The van der Waals surface area contributed by atoms with Crippen molar-refractivity contribution >= 4 is 5.78 Å². The van der Waals surface area contributed by atoms with Crippen LogP contribution in [-0.2, 0) is 24.3 Å². The second-order valence-corrected chi connectivity index (χ2v) is 1.40. The number of allylic oxidation sites excluding steroid dienone is 2. The van der Waals surface area contributed by atoms with E-state index in [2.05, 4.69) is 0 Å². The molecule has 0 aromatic heterocycles. The molecular formula is C5H10O3Zn+2. The molecule has 0 aliphatic heterocycles. The molecule has 0 saturated carbocycles. The molecule has 0 saturated heterocycles. The molecule has 0 aliphatic carbocycles. The van der Waals surface area contributed by atoms with Crippen LogP contribution in [0.25, 0.3) is 0 Å². The molecular weight excluding hydrogens is 173 g/mol. The van der Waals surface area contributed by atoms with Crippen LogP contribution in [0, 0.1) is 0 Å². The largest absolute Gasteiger partial charge is 2.00 e. The third kappa shape index (κ3) is 18.2. The standard InChI is InChI=1S/C5H8O2.H2O.Zn/c1-4(6)3-5(2)7;;/h3,6H,1-2H3;1H2;/q;;+2. The van der Waals surface area contributed by atoms with Crippen LogP contribution in [0.15, 0.2) is 11.8 Å². The SMILES string of the molecule is CC(=O)C=C(C)O.O.[Zn+2]. The predicted octanol–water partition coefficient (Wildman–Crippen LogP) is 0.210. The van der Waals surface area contributed by atoms with Gasteiger partial charge < -0.3 is 10.6 Å². The Kier molecular flexibility index (Phi) is 13.8. The fraction of sp³-hybridized carbons (Fsp3) is 0.400. The Labute approximate surface area is 66.8 Å². The third-order valence-electron chi connectivity index (χ3n) is 0.412. The molecule has 0 heterocycles. The molecule has 0 amide bonds. The van der Waals surface area contributed by atoms with Crippen molar-refractivity contribution in [2.75, 3.05) is 0 Å². The molecule has 0 rings (SSSR count). The van der Waals surface area contributed by atoms with Crippen LogP contribution < -0.4 is 0 Å². The van der Waals surface area contributed by atoms with E-state index in [9.17, 15) is 4.79 Å². The van der Waals surface area contributed by atoms with Crippen LogP contribution in [0.4, 0.5) is 0 Å². The molecule has 3 nitrogen and oxygen atoms in total. The van der Waals surface area contributed by atoms with Crippen molar-refractivity contribution in [1.29, 1.82) is 0 Å². The molecule has 4 heteroatoms. The molecule has 0 spiro atoms. The zero-order valence-corrected chi connectivity index (χ0v) is 8.61. The predicted molar refractivity (Wildman–Crippen MR) is 30.7 cm³/mol. The maximum atomic E-state index is 10.0. The smallest absolute Gasteiger partial charge is 0.512 e. The Hall–Kier alpha value is -0.207. The van der Waals surface area contributed by atoms with E-state index in [-0.39, 0.29) is 36.5 Å².